The van der Waals surface area contributed by atoms with Crippen molar-refractivity contribution in [2.45, 2.75) is 0 Å². The minimum Gasteiger partial charge on any atom is -0.398 e. The summed E-state index contributed by atoms with van der Waals surface area (Å²) in [6, 6.07) is 8.95. The second kappa shape index (κ2) is 8.61. The first-order valence-corrected chi connectivity index (χ1v) is 7.65. The third kappa shape index (κ3) is 4.21. The highest BCUT2D eigenvalue weighted by molar-refractivity contribution is 5.80. The lowest BCUT2D eigenvalue weighted by atomic mass is 10.0. The fourth-order valence-electron chi connectivity index (χ4n) is 2.49. The van der Waals surface area contributed by atoms with Crippen LogP contribution in [0.4, 0.5) is 20.2 Å². The summed E-state index contributed by atoms with van der Waals surface area (Å²) < 4.78 is 38.5. The van der Waals surface area contributed by atoms with Gasteiger partial charge in [0.1, 0.15) is 11.6 Å². The summed E-state index contributed by atoms with van der Waals surface area (Å²) in [6.45, 7) is 2.31. The molecule has 4 nitrogen and oxygen atoms in total. The summed E-state index contributed by atoms with van der Waals surface area (Å²) in [5, 5.41) is 0. The van der Waals surface area contributed by atoms with Crippen molar-refractivity contribution in [2.75, 3.05) is 51.2 Å². The van der Waals surface area contributed by atoms with E-state index in [0.717, 1.165) is 5.69 Å². The van der Waals surface area contributed by atoms with E-state index < -0.39 is 11.6 Å². The molecule has 130 valence electrons. The van der Waals surface area contributed by atoms with Crippen LogP contribution in [0.3, 0.4) is 0 Å². The van der Waals surface area contributed by atoms with Crippen LogP contribution in [0, 0.1) is 11.6 Å². The van der Waals surface area contributed by atoms with Gasteiger partial charge in [0.05, 0.1) is 18.8 Å². The van der Waals surface area contributed by atoms with E-state index in [2.05, 4.69) is 0 Å². The first-order valence-electron chi connectivity index (χ1n) is 7.65. The van der Waals surface area contributed by atoms with Crippen molar-refractivity contribution < 1.29 is 18.3 Å². The molecule has 0 radical (unpaired) electrons. The molecule has 0 fully saturated rings. The number of nitrogen functional groups attached to an aromatic ring is 1. The molecule has 2 aromatic rings. The fraction of sp³-hybridized carbons (Fsp3) is 0.333. The van der Waals surface area contributed by atoms with E-state index in [1.807, 2.05) is 11.0 Å². The molecular weight excluding hydrogens is 314 g/mol. The molecule has 2 rings (SSSR count). The van der Waals surface area contributed by atoms with Gasteiger partial charge in [-0.1, -0.05) is 6.07 Å². The highest BCUT2D eigenvalue weighted by Crippen LogP contribution is 2.33. The van der Waals surface area contributed by atoms with Crippen LogP contribution in [0.5, 0.6) is 0 Å². The number of nitrogens with zero attached hydrogens (tertiary/aromatic N) is 1. The number of methoxy groups -OCH3 is 2. The molecule has 0 heterocycles. The fourth-order valence-corrected chi connectivity index (χ4v) is 2.49. The summed E-state index contributed by atoms with van der Waals surface area (Å²) in [5.74, 6) is -1.28. The number of rotatable bonds is 8. The van der Waals surface area contributed by atoms with Gasteiger partial charge in [-0.05, 0) is 30.3 Å². The second-order valence-electron chi connectivity index (χ2n) is 5.34. The molecule has 0 aliphatic carbocycles. The third-order valence-corrected chi connectivity index (χ3v) is 3.76. The zero-order chi connectivity index (χ0) is 17.5. The molecule has 0 amide bonds. The van der Waals surface area contributed by atoms with E-state index in [0.29, 0.717) is 37.6 Å². The maximum Gasteiger partial charge on any atom is 0.134 e. The summed E-state index contributed by atoms with van der Waals surface area (Å²) in [5.41, 5.74) is 7.30. The summed E-state index contributed by atoms with van der Waals surface area (Å²) in [6.07, 6.45) is 0. The van der Waals surface area contributed by atoms with Gasteiger partial charge in [-0.2, -0.15) is 0 Å². The molecule has 0 aliphatic rings. The van der Waals surface area contributed by atoms with Gasteiger partial charge in [0.25, 0.3) is 0 Å². The topological polar surface area (TPSA) is 47.7 Å². The van der Waals surface area contributed by atoms with Gasteiger partial charge in [0, 0.05) is 44.2 Å². The van der Waals surface area contributed by atoms with Crippen molar-refractivity contribution in [2.24, 2.45) is 0 Å². The zero-order valence-corrected chi connectivity index (χ0v) is 13.9. The van der Waals surface area contributed by atoms with Gasteiger partial charge >= 0.3 is 0 Å². The lowest BCUT2D eigenvalue weighted by Crippen LogP contribution is -2.30. The van der Waals surface area contributed by atoms with Crippen molar-refractivity contribution in [1.82, 2.24) is 0 Å². The Morgan fingerprint density at radius 1 is 0.958 bits per heavy atom. The van der Waals surface area contributed by atoms with Gasteiger partial charge in [-0.25, -0.2) is 8.78 Å². The van der Waals surface area contributed by atoms with Crippen molar-refractivity contribution in [1.29, 1.82) is 0 Å². The van der Waals surface area contributed by atoms with Crippen LogP contribution in [0.25, 0.3) is 11.1 Å². The van der Waals surface area contributed by atoms with Gasteiger partial charge in [-0.3, -0.25) is 0 Å². The molecule has 2 N–H and O–H groups in total. The van der Waals surface area contributed by atoms with Crippen molar-refractivity contribution in [3.63, 3.8) is 0 Å². The first kappa shape index (κ1) is 18.2. The largest absolute Gasteiger partial charge is 0.398 e. The standard InChI is InChI=1S/C18H22F2N2O2/c1-23-10-8-22(9-11-24-2)13-6-7-17(21)14(12-13)18-15(19)4-3-5-16(18)20/h3-7,12H,8-11,21H2,1-2H3. The summed E-state index contributed by atoms with van der Waals surface area (Å²) >= 11 is 0. The quantitative estimate of drug-likeness (QED) is 0.751. The number of hydrogen-bond acceptors (Lipinski definition) is 4. The molecule has 0 spiro atoms. The smallest absolute Gasteiger partial charge is 0.134 e. The van der Waals surface area contributed by atoms with Crippen LogP contribution in [0.1, 0.15) is 0 Å². The van der Waals surface area contributed by atoms with E-state index in [1.165, 1.54) is 18.2 Å². The Morgan fingerprint density at radius 2 is 1.54 bits per heavy atom. The van der Waals surface area contributed by atoms with E-state index in [4.69, 9.17) is 15.2 Å². The molecular formula is C18H22F2N2O2. The third-order valence-electron chi connectivity index (χ3n) is 3.76. The Morgan fingerprint density at radius 3 is 2.08 bits per heavy atom. The number of hydrogen-bond donors (Lipinski definition) is 1. The van der Waals surface area contributed by atoms with Gasteiger partial charge in [0.2, 0.25) is 0 Å². The monoisotopic (exact) mass is 336 g/mol. The maximum absolute atomic E-state index is 14.1. The predicted molar refractivity (Wildman–Crippen MR) is 92.2 cm³/mol. The molecule has 6 heteroatoms. The molecule has 0 aromatic heterocycles. The van der Waals surface area contributed by atoms with Crippen molar-refractivity contribution in [3.8, 4) is 11.1 Å². The van der Waals surface area contributed by atoms with Crippen LogP contribution in [0.15, 0.2) is 36.4 Å². The number of benzene rings is 2. The Balaban J connectivity index is 2.42. The molecule has 0 aliphatic heterocycles. The van der Waals surface area contributed by atoms with Gasteiger partial charge < -0.3 is 20.1 Å². The van der Waals surface area contributed by atoms with Crippen molar-refractivity contribution >= 4 is 11.4 Å². The van der Waals surface area contributed by atoms with E-state index >= 15 is 0 Å². The average Bonchev–Trinajstić information content (AvgIpc) is 2.57. The first-order chi connectivity index (χ1) is 11.6. The normalized spacial score (nSPS) is 10.8. The van der Waals surface area contributed by atoms with E-state index in [-0.39, 0.29) is 5.56 Å². The average molecular weight is 336 g/mol. The molecule has 0 saturated heterocycles. The zero-order valence-electron chi connectivity index (χ0n) is 13.9. The highest BCUT2D eigenvalue weighted by atomic mass is 19.1. The van der Waals surface area contributed by atoms with E-state index in [9.17, 15) is 8.78 Å². The van der Waals surface area contributed by atoms with E-state index in [1.54, 1.807) is 26.4 Å². The van der Waals surface area contributed by atoms with Crippen LogP contribution in [-0.4, -0.2) is 40.5 Å². The Hall–Kier alpha value is -2.18. The lowest BCUT2D eigenvalue weighted by molar-refractivity contribution is 0.190. The van der Waals surface area contributed by atoms with Crippen molar-refractivity contribution in [3.05, 3.63) is 48.0 Å². The Kier molecular flexibility index (Phi) is 6.52. The molecule has 2 aromatic carbocycles. The van der Waals surface area contributed by atoms with Gasteiger partial charge in [-0.15, -0.1) is 0 Å². The van der Waals surface area contributed by atoms with Crippen LogP contribution < -0.4 is 10.6 Å². The molecule has 24 heavy (non-hydrogen) atoms. The van der Waals surface area contributed by atoms with Crippen LogP contribution in [-0.2, 0) is 9.47 Å². The molecule has 0 unspecified atom stereocenters. The minimum absolute atomic E-state index is 0.115. The second-order valence-corrected chi connectivity index (χ2v) is 5.34. The van der Waals surface area contributed by atoms with Crippen LogP contribution >= 0.6 is 0 Å². The summed E-state index contributed by atoms with van der Waals surface area (Å²) in [7, 11) is 3.25. The lowest BCUT2D eigenvalue weighted by Gasteiger charge is -2.25. The summed E-state index contributed by atoms with van der Waals surface area (Å²) in [4.78, 5) is 2.02. The predicted octanol–water partition coefficient (Wildman–Crippen LogP) is 3.31. The molecule has 0 atom stereocenters. The van der Waals surface area contributed by atoms with Crippen LogP contribution in [0.2, 0.25) is 0 Å². The highest BCUT2D eigenvalue weighted by Gasteiger charge is 2.16. The Bertz CT molecular complexity index is 652. The number of halogens is 2. The minimum atomic E-state index is -0.640. The number of nitrogens with two attached hydrogens (primary N) is 1. The molecule has 0 saturated carbocycles. The number of anilines is 2. The number of ether oxygens (including phenoxy) is 2. The Labute approximate surface area is 140 Å². The SMILES string of the molecule is COCCN(CCOC)c1ccc(N)c(-c2c(F)cccc2F)c1. The van der Waals surface area contributed by atoms with Gasteiger partial charge in [0.15, 0.2) is 0 Å². The molecule has 0 bridgehead atoms. The maximum atomic E-state index is 14.1.